The molecule has 0 saturated carbocycles. The summed E-state index contributed by atoms with van der Waals surface area (Å²) in [6, 6.07) is 10.2. The molecule has 1 aliphatic rings. The number of fused-ring (bicyclic) bond motifs is 2. The number of hydrogen-bond donors (Lipinski definition) is 2. The van der Waals surface area contributed by atoms with E-state index in [1.54, 1.807) is 0 Å². The summed E-state index contributed by atoms with van der Waals surface area (Å²) in [5.41, 5.74) is 1.91. The van der Waals surface area contributed by atoms with E-state index in [1.165, 1.54) is 19.2 Å². The molecule has 20 heavy (non-hydrogen) atoms. The van der Waals surface area contributed by atoms with Gasteiger partial charge >= 0.3 is 0 Å². The minimum Gasteiger partial charge on any atom is -0.508 e. The van der Waals surface area contributed by atoms with E-state index < -0.39 is 0 Å². The third-order valence-electron chi connectivity index (χ3n) is 3.11. The van der Waals surface area contributed by atoms with Crippen LogP contribution < -0.4 is 4.74 Å². The van der Waals surface area contributed by atoms with Gasteiger partial charge in [0.15, 0.2) is 0 Å². The molecule has 0 spiro atoms. The Labute approximate surface area is 115 Å². The van der Waals surface area contributed by atoms with E-state index in [0.29, 0.717) is 29.2 Å². The van der Waals surface area contributed by atoms with Crippen molar-refractivity contribution in [3.63, 3.8) is 0 Å². The van der Waals surface area contributed by atoms with Gasteiger partial charge in [0.05, 0.1) is 11.3 Å². The molecular weight excluding hydrogens is 258 g/mol. The third kappa shape index (κ3) is 2.03. The van der Waals surface area contributed by atoms with Crippen LogP contribution in [0.3, 0.4) is 0 Å². The van der Waals surface area contributed by atoms with E-state index in [4.69, 9.17) is 9.57 Å². The molecule has 0 fully saturated rings. The second-order valence-electron chi connectivity index (χ2n) is 4.45. The normalized spacial score (nSPS) is 14.9. The Morgan fingerprint density at radius 2 is 1.95 bits per heavy atom. The highest BCUT2D eigenvalue weighted by Gasteiger charge is 2.24. The number of phenolic OH excluding ortho intramolecular Hbond substituents is 2. The molecule has 5 heteroatoms. The smallest absolute Gasteiger partial charge is 0.144 e. The highest BCUT2D eigenvalue weighted by atomic mass is 16.6. The van der Waals surface area contributed by atoms with E-state index in [9.17, 15) is 10.2 Å². The molecule has 0 unspecified atom stereocenters. The van der Waals surface area contributed by atoms with Gasteiger partial charge in [0.1, 0.15) is 30.1 Å². The lowest BCUT2D eigenvalue weighted by Crippen LogP contribution is -2.05. The van der Waals surface area contributed by atoms with Crippen LogP contribution in [0.1, 0.15) is 11.1 Å². The predicted octanol–water partition coefficient (Wildman–Crippen LogP) is 2.80. The number of benzene rings is 2. The molecule has 0 bridgehead atoms. The summed E-state index contributed by atoms with van der Waals surface area (Å²) < 4.78 is 5.78. The number of para-hydroxylation sites is 1. The topological polar surface area (TPSA) is 71.3 Å². The van der Waals surface area contributed by atoms with Gasteiger partial charge < -0.3 is 19.8 Å². The Morgan fingerprint density at radius 3 is 2.75 bits per heavy atom. The minimum absolute atomic E-state index is 0.0719. The Morgan fingerprint density at radius 1 is 1.15 bits per heavy atom. The van der Waals surface area contributed by atoms with Crippen LogP contribution in [-0.4, -0.2) is 23.0 Å². The first-order valence-corrected chi connectivity index (χ1v) is 6.11. The van der Waals surface area contributed by atoms with Gasteiger partial charge in [-0.05, 0) is 6.07 Å². The van der Waals surface area contributed by atoms with Crippen LogP contribution in [-0.2, 0) is 11.3 Å². The van der Waals surface area contributed by atoms with Crippen LogP contribution in [0.5, 0.6) is 23.0 Å². The van der Waals surface area contributed by atoms with Crippen LogP contribution in [0.25, 0.3) is 0 Å². The van der Waals surface area contributed by atoms with Gasteiger partial charge in [-0.3, -0.25) is 0 Å². The maximum absolute atomic E-state index is 10.1. The molecule has 0 saturated heterocycles. The summed E-state index contributed by atoms with van der Waals surface area (Å²) in [5, 5.41) is 23.6. The van der Waals surface area contributed by atoms with E-state index in [0.717, 1.165) is 5.56 Å². The molecule has 0 aliphatic carbocycles. The lowest BCUT2D eigenvalue weighted by atomic mass is 10.0. The van der Waals surface area contributed by atoms with Crippen molar-refractivity contribution in [2.45, 2.75) is 6.42 Å². The summed E-state index contributed by atoms with van der Waals surface area (Å²) in [4.78, 5) is 4.85. The molecule has 0 radical (unpaired) electrons. The van der Waals surface area contributed by atoms with Gasteiger partial charge in [0.25, 0.3) is 0 Å². The Bertz CT molecular complexity index is 694. The van der Waals surface area contributed by atoms with Gasteiger partial charge in [0, 0.05) is 24.1 Å². The van der Waals surface area contributed by atoms with Crippen molar-refractivity contribution in [3.05, 3.63) is 47.5 Å². The van der Waals surface area contributed by atoms with Gasteiger partial charge in [0.2, 0.25) is 0 Å². The average molecular weight is 271 g/mol. The molecule has 0 amide bonds. The van der Waals surface area contributed by atoms with Crippen molar-refractivity contribution in [2.75, 3.05) is 7.11 Å². The molecule has 1 aliphatic heterocycles. The Kier molecular flexibility index (Phi) is 2.95. The molecule has 3 rings (SSSR count). The van der Waals surface area contributed by atoms with E-state index >= 15 is 0 Å². The van der Waals surface area contributed by atoms with Crippen molar-refractivity contribution in [3.8, 4) is 23.0 Å². The zero-order valence-corrected chi connectivity index (χ0v) is 10.8. The first-order valence-electron chi connectivity index (χ1n) is 6.11. The third-order valence-corrected chi connectivity index (χ3v) is 3.11. The standard InChI is InChI=1S/C15H13NO4/c1-19-16-11-6-9-4-2-3-5-13(9)20-14-8-10(17)7-12(18)15(11)14/h2-5,7-8,17-18H,6H2,1H3/b16-11-. The van der Waals surface area contributed by atoms with E-state index in [-0.39, 0.29) is 11.5 Å². The largest absolute Gasteiger partial charge is 0.508 e. The van der Waals surface area contributed by atoms with Crippen molar-refractivity contribution < 1.29 is 19.8 Å². The van der Waals surface area contributed by atoms with Crippen molar-refractivity contribution >= 4 is 5.71 Å². The fraction of sp³-hybridized carbons (Fsp3) is 0.133. The van der Waals surface area contributed by atoms with Crippen LogP contribution in [0.15, 0.2) is 41.6 Å². The molecule has 5 nitrogen and oxygen atoms in total. The van der Waals surface area contributed by atoms with Gasteiger partial charge in [-0.15, -0.1) is 0 Å². The maximum Gasteiger partial charge on any atom is 0.144 e. The first-order chi connectivity index (χ1) is 9.69. The second-order valence-corrected chi connectivity index (χ2v) is 4.45. The van der Waals surface area contributed by atoms with Crippen molar-refractivity contribution in [2.24, 2.45) is 5.16 Å². The second kappa shape index (κ2) is 4.77. The average Bonchev–Trinajstić information content (AvgIpc) is 2.55. The number of nitrogens with zero attached hydrogens (tertiary/aromatic N) is 1. The molecule has 2 aromatic carbocycles. The van der Waals surface area contributed by atoms with Crippen LogP contribution in [0.2, 0.25) is 0 Å². The molecule has 2 N–H and O–H groups in total. The lowest BCUT2D eigenvalue weighted by Gasteiger charge is -2.10. The maximum atomic E-state index is 10.1. The summed E-state index contributed by atoms with van der Waals surface area (Å²) in [6.07, 6.45) is 0.468. The number of ether oxygens (including phenoxy) is 1. The van der Waals surface area contributed by atoms with Crippen LogP contribution >= 0.6 is 0 Å². The highest BCUT2D eigenvalue weighted by Crippen LogP contribution is 2.40. The molecule has 1 heterocycles. The van der Waals surface area contributed by atoms with E-state index in [1.807, 2.05) is 24.3 Å². The molecule has 2 aromatic rings. The summed E-state index contributed by atoms with van der Waals surface area (Å²) in [6.45, 7) is 0. The molecular formula is C15H13NO4. The molecule has 0 atom stereocenters. The van der Waals surface area contributed by atoms with Gasteiger partial charge in [-0.2, -0.15) is 0 Å². The number of rotatable bonds is 1. The number of oxime groups is 1. The fourth-order valence-corrected chi connectivity index (χ4v) is 2.28. The minimum atomic E-state index is -0.0939. The summed E-state index contributed by atoms with van der Waals surface area (Å²) >= 11 is 0. The van der Waals surface area contributed by atoms with Gasteiger partial charge in [-0.25, -0.2) is 0 Å². The number of phenols is 2. The first kappa shape index (κ1) is 12.3. The Hall–Kier alpha value is -2.69. The SMILES string of the molecule is CO/N=C1/Cc2ccccc2Oc2cc(O)cc(O)c21. The number of hydrogen-bond acceptors (Lipinski definition) is 5. The number of aromatic hydroxyl groups is 2. The summed E-state index contributed by atoms with van der Waals surface area (Å²) in [7, 11) is 1.45. The quantitative estimate of drug-likeness (QED) is 0.782. The van der Waals surface area contributed by atoms with Crippen molar-refractivity contribution in [1.82, 2.24) is 0 Å². The highest BCUT2D eigenvalue weighted by molar-refractivity contribution is 6.07. The zero-order chi connectivity index (χ0) is 14.1. The van der Waals surface area contributed by atoms with E-state index in [2.05, 4.69) is 5.16 Å². The lowest BCUT2D eigenvalue weighted by molar-refractivity contribution is 0.213. The Balaban J connectivity index is 2.24. The fourth-order valence-electron chi connectivity index (χ4n) is 2.28. The molecule has 102 valence electrons. The monoisotopic (exact) mass is 271 g/mol. The predicted molar refractivity (Wildman–Crippen MR) is 73.5 cm³/mol. The zero-order valence-electron chi connectivity index (χ0n) is 10.8. The van der Waals surface area contributed by atoms with Gasteiger partial charge in [-0.1, -0.05) is 23.4 Å². The molecule has 0 aromatic heterocycles. The van der Waals surface area contributed by atoms with Crippen molar-refractivity contribution in [1.29, 1.82) is 0 Å². The van der Waals surface area contributed by atoms with Crippen LogP contribution in [0.4, 0.5) is 0 Å². The van der Waals surface area contributed by atoms with Crippen LogP contribution in [0, 0.1) is 0 Å². The summed E-state index contributed by atoms with van der Waals surface area (Å²) in [5.74, 6) is 0.851.